The second-order valence-electron chi connectivity index (χ2n) is 3.88. The second-order valence-corrected chi connectivity index (χ2v) is 4.29. The topological polar surface area (TPSA) is 52.6 Å². The fraction of sp³-hybridized carbons (Fsp3) is 0.286. The Bertz CT molecular complexity index is 512. The highest BCUT2D eigenvalue weighted by atomic mass is 35.5. The van der Waals surface area contributed by atoms with Gasteiger partial charge in [0.1, 0.15) is 5.82 Å². The van der Waals surface area contributed by atoms with Crippen molar-refractivity contribution in [1.29, 1.82) is 0 Å². The van der Waals surface area contributed by atoms with E-state index in [-0.39, 0.29) is 17.0 Å². The van der Waals surface area contributed by atoms with Crippen molar-refractivity contribution in [2.24, 2.45) is 5.92 Å². The summed E-state index contributed by atoms with van der Waals surface area (Å²) in [4.78, 5) is 22.8. The molecule has 0 N–H and O–H groups in total. The maximum Gasteiger partial charge on any atom is 0.320 e. The van der Waals surface area contributed by atoms with Crippen molar-refractivity contribution in [3.8, 4) is 0 Å². The zero-order chi connectivity index (χ0) is 15.1. The van der Waals surface area contributed by atoms with E-state index in [4.69, 9.17) is 11.6 Å². The van der Waals surface area contributed by atoms with Gasteiger partial charge >= 0.3 is 11.9 Å². The van der Waals surface area contributed by atoms with Crippen LogP contribution in [-0.2, 0) is 19.1 Å². The molecule has 0 heterocycles. The highest BCUT2D eigenvalue weighted by molar-refractivity contribution is 6.30. The highest BCUT2D eigenvalue weighted by Crippen LogP contribution is 2.19. The van der Waals surface area contributed by atoms with E-state index < -0.39 is 23.7 Å². The second kappa shape index (κ2) is 7.65. The van der Waals surface area contributed by atoms with Crippen molar-refractivity contribution in [2.45, 2.75) is 6.42 Å². The first-order valence-corrected chi connectivity index (χ1v) is 6.15. The van der Waals surface area contributed by atoms with E-state index in [1.54, 1.807) is 6.07 Å². The summed E-state index contributed by atoms with van der Waals surface area (Å²) in [6, 6.07) is 4.56. The number of esters is 2. The molecule has 0 atom stereocenters. The van der Waals surface area contributed by atoms with Gasteiger partial charge in [0.2, 0.25) is 0 Å². The number of carbonyl (C=O) groups is 2. The number of benzene rings is 1. The van der Waals surface area contributed by atoms with Crippen LogP contribution in [0.3, 0.4) is 0 Å². The number of methoxy groups -OCH3 is 2. The number of allylic oxidation sites excluding steroid dienone is 1. The molecule has 1 aromatic carbocycles. The van der Waals surface area contributed by atoms with Crippen molar-refractivity contribution in [3.63, 3.8) is 0 Å². The lowest BCUT2D eigenvalue weighted by Gasteiger charge is -2.09. The minimum absolute atomic E-state index is 0.00429. The molecule has 0 radical (unpaired) electrons. The van der Waals surface area contributed by atoms with Crippen LogP contribution in [0.1, 0.15) is 12.0 Å². The predicted molar refractivity (Wildman–Crippen MR) is 72.6 cm³/mol. The lowest BCUT2D eigenvalue weighted by atomic mass is 10.0. The van der Waals surface area contributed by atoms with E-state index in [0.29, 0.717) is 0 Å². The summed E-state index contributed by atoms with van der Waals surface area (Å²) in [5.74, 6) is -3.03. The molecule has 0 bridgehead atoms. The molecule has 0 saturated carbocycles. The first-order chi connectivity index (χ1) is 9.51. The first kappa shape index (κ1) is 16.2. The molecule has 4 nitrogen and oxygen atoms in total. The van der Waals surface area contributed by atoms with Gasteiger partial charge in [-0.1, -0.05) is 35.9 Å². The molecule has 0 aliphatic rings. The quantitative estimate of drug-likeness (QED) is 0.620. The molecule has 0 fully saturated rings. The number of carbonyl (C=O) groups excluding carboxylic acids is 2. The number of rotatable bonds is 5. The summed E-state index contributed by atoms with van der Waals surface area (Å²) in [5, 5.41) is 0.00429. The van der Waals surface area contributed by atoms with Crippen LogP contribution in [0.15, 0.2) is 24.3 Å². The lowest BCUT2D eigenvalue weighted by Crippen LogP contribution is -2.25. The molecule has 0 amide bonds. The van der Waals surface area contributed by atoms with Crippen molar-refractivity contribution >= 4 is 29.6 Å². The van der Waals surface area contributed by atoms with Crippen LogP contribution in [0.25, 0.3) is 6.08 Å². The van der Waals surface area contributed by atoms with Crippen molar-refractivity contribution < 1.29 is 23.5 Å². The highest BCUT2D eigenvalue weighted by Gasteiger charge is 2.27. The third-order valence-corrected chi connectivity index (χ3v) is 2.91. The van der Waals surface area contributed by atoms with E-state index in [1.807, 2.05) is 0 Å². The molecule has 0 aliphatic carbocycles. The summed E-state index contributed by atoms with van der Waals surface area (Å²) in [6.07, 6.45) is 2.98. The number of ether oxygens (including phenoxy) is 2. The number of hydrogen-bond acceptors (Lipinski definition) is 4. The van der Waals surface area contributed by atoms with Gasteiger partial charge in [-0.15, -0.1) is 0 Å². The normalized spacial score (nSPS) is 10.8. The van der Waals surface area contributed by atoms with E-state index in [1.165, 1.54) is 38.5 Å². The minimum atomic E-state index is -1.07. The maximum absolute atomic E-state index is 13.6. The Hall–Kier alpha value is -1.88. The van der Waals surface area contributed by atoms with Crippen LogP contribution >= 0.6 is 11.6 Å². The Morgan fingerprint density at radius 1 is 1.30 bits per heavy atom. The van der Waals surface area contributed by atoms with Crippen LogP contribution in [0, 0.1) is 11.7 Å². The van der Waals surface area contributed by atoms with Crippen LogP contribution in [-0.4, -0.2) is 26.2 Å². The monoisotopic (exact) mass is 300 g/mol. The average Bonchev–Trinajstić information content (AvgIpc) is 2.46. The smallest absolute Gasteiger partial charge is 0.320 e. The molecule has 0 saturated heterocycles. The molecule has 0 aromatic heterocycles. The van der Waals surface area contributed by atoms with Crippen LogP contribution in [0.4, 0.5) is 4.39 Å². The average molecular weight is 301 g/mol. The molecule has 0 spiro atoms. The molecule has 1 rings (SSSR count). The fourth-order valence-electron chi connectivity index (χ4n) is 1.55. The van der Waals surface area contributed by atoms with Gasteiger partial charge in [-0.05, 0) is 12.5 Å². The minimum Gasteiger partial charge on any atom is -0.468 e. The molecule has 1 aromatic rings. The molecule has 0 aliphatic heterocycles. The molecule has 6 heteroatoms. The lowest BCUT2D eigenvalue weighted by molar-refractivity contribution is -0.158. The van der Waals surface area contributed by atoms with Gasteiger partial charge in [-0.2, -0.15) is 0 Å². The van der Waals surface area contributed by atoms with Gasteiger partial charge in [0, 0.05) is 5.56 Å². The van der Waals surface area contributed by atoms with E-state index in [0.717, 1.165) is 0 Å². The Morgan fingerprint density at radius 2 is 1.90 bits per heavy atom. The number of halogens is 2. The van der Waals surface area contributed by atoms with E-state index >= 15 is 0 Å². The predicted octanol–water partition coefficient (Wildman–Crippen LogP) is 2.84. The van der Waals surface area contributed by atoms with Gasteiger partial charge in [-0.25, -0.2) is 4.39 Å². The Kier molecular flexibility index (Phi) is 6.18. The summed E-state index contributed by atoms with van der Waals surface area (Å²) < 4.78 is 22.6. The number of hydrogen-bond donors (Lipinski definition) is 0. The Morgan fingerprint density at radius 3 is 2.45 bits per heavy atom. The van der Waals surface area contributed by atoms with Crippen LogP contribution in [0.2, 0.25) is 5.02 Å². The SMILES string of the molecule is COC(=O)C(C/C=C/c1cccc(Cl)c1F)C(=O)OC. The summed E-state index contributed by atoms with van der Waals surface area (Å²) in [7, 11) is 2.36. The first-order valence-electron chi connectivity index (χ1n) is 5.77. The molecule has 20 heavy (non-hydrogen) atoms. The molecule has 0 unspecified atom stereocenters. The summed E-state index contributed by atoms with van der Waals surface area (Å²) >= 11 is 5.64. The van der Waals surface area contributed by atoms with E-state index in [2.05, 4.69) is 9.47 Å². The Balaban J connectivity index is 2.81. The van der Waals surface area contributed by atoms with Gasteiger partial charge < -0.3 is 9.47 Å². The zero-order valence-corrected chi connectivity index (χ0v) is 11.8. The summed E-state index contributed by atoms with van der Waals surface area (Å²) in [6.45, 7) is 0. The van der Waals surface area contributed by atoms with Crippen LogP contribution < -0.4 is 0 Å². The third-order valence-electron chi connectivity index (χ3n) is 2.62. The molecule has 108 valence electrons. The van der Waals surface area contributed by atoms with Crippen molar-refractivity contribution in [3.05, 3.63) is 40.7 Å². The molecular formula is C14H14ClFO4. The summed E-state index contributed by atoms with van der Waals surface area (Å²) in [5.41, 5.74) is 0.269. The van der Waals surface area contributed by atoms with Crippen LogP contribution in [0.5, 0.6) is 0 Å². The van der Waals surface area contributed by atoms with Gasteiger partial charge in [-0.3, -0.25) is 9.59 Å². The zero-order valence-electron chi connectivity index (χ0n) is 11.1. The standard InChI is InChI=1S/C14H14ClFO4/c1-19-13(17)10(14(18)20-2)7-3-5-9-6-4-8-11(15)12(9)16/h3-6,8,10H,7H2,1-2H3/b5-3+. The van der Waals surface area contributed by atoms with Crippen molar-refractivity contribution in [2.75, 3.05) is 14.2 Å². The van der Waals surface area contributed by atoms with E-state index in [9.17, 15) is 14.0 Å². The third kappa shape index (κ3) is 4.06. The maximum atomic E-state index is 13.6. The Labute approximate surface area is 121 Å². The van der Waals surface area contributed by atoms with Crippen molar-refractivity contribution in [1.82, 2.24) is 0 Å². The van der Waals surface area contributed by atoms with Gasteiger partial charge in [0.05, 0.1) is 19.2 Å². The largest absolute Gasteiger partial charge is 0.468 e. The van der Waals surface area contributed by atoms with Gasteiger partial charge in [0.25, 0.3) is 0 Å². The molecular weight excluding hydrogens is 287 g/mol. The fourth-order valence-corrected chi connectivity index (χ4v) is 1.74. The van der Waals surface area contributed by atoms with Gasteiger partial charge in [0.15, 0.2) is 5.92 Å².